The van der Waals surface area contributed by atoms with Crippen LogP contribution in [0.2, 0.25) is 0 Å². The SMILES string of the molecule is CN(Cc1cccc(C#N)c1)C(=O)CC(N)CC(C)(C)C. The molecule has 0 spiro atoms. The molecule has 1 amide bonds. The van der Waals surface area contributed by atoms with Crippen molar-refractivity contribution >= 4 is 5.91 Å². The molecule has 1 unspecified atom stereocenters. The summed E-state index contributed by atoms with van der Waals surface area (Å²) in [7, 11) is 1.77. The van der Waals surface area contributed by atoms with Gasteiger partial charge >= 0.3 is 0 Å². The van der Waals surface area contributed by atoms with Gasteiger partial charge in [0.05, 0.1) is 11.6 Å². The normalized spacial score (nSPS) is 12.6. The highest BCUT2D eigenvalue weighted by atomic mass is 16.2. The van der Waals surface area contributed by atoms with Gasteiger partial charge in [0.2, 0.25) is 5.91 Å². The molecule has 1 aromatic rings. The van der Waals surface area contributed by atoms with Crippen molar-refractivity contribution in [3.63, 3.8) is 0 Å². The Bertz CT molecular complexity index is 526. The summed E-state index contributed by atoms with van der Waals surface area (Å²) in [5, 5.41) is 8.89. The summed E-state index contributed by atoms with van der Waals surface area (Å²) in [4.78, 5) is 13.8. The van der Waals surface area contributed by atoms with Crippen molar-refractivity contribution in [2.45, 2.75) is 46.2 Å². The zero-order valence-corrected chi connectivity index (χ0v) is 13.4. The van der Waals surface area contributed by atoms with Crippen LogP contribution in [0, 0.1) is 16.7 Å². The second-order valence-corrected chi connectivity index (χ2v) is 6.79. The minimum absolute atomic E-state index is 0.0362. The van der Waals surface area contributed by atoms with E-state index in [1.54, 1.807) is 24.1 Å². The standard InChI is InChI=1S/C17H25N3O/c1-17(2,3)10-15(19)9-16(21)20(4)12-14-7-5-6-13(8-14)11-18/h5-8,15H,9-10,12,19H2,1-4H3. The smallest absolute Gasteiger partial charge is 0.224 e. The van der Waals surface area contributed by atoms with Gasteiger partial charge in [0.25, 0.3) is 0 Å². The van der Waals surface area contributed by atoms with Crippen LogP contribution in [0.5, 0.6) is 0 Å². The Labute approximate surface area is 127 Å². The van der Waals surface area contributed by atoms with E-state index in [4.69, 9.17) is 11.0 Å². The molecular weight excluding hydrogens is 262 g/mol. The highest BCUT2D eigenvalue weighted by molar-refractivity contribution is 5.76. The molecule has 0 aliphatic heterocycles. The van der Waals surface area contributed by atoms with Crippen molar-refractivity contribution < 1.29 is 4.79 Å². The largest absolute Gasteiger partial charge is 0.341 e. The zero-order valence-electron chi connectivity index (χ0n) is 13.4. The van der Waals surface area contributed by atoms with E-state index in [-0.39, 0.29) is 17.4 Å². The van der Waals surface area contributed by atoms with Gasteiger partial charge < -0.3 is 10.6 Å². The maximum Gasteiger partial charge on any atom is 0.224 e. The summed E-state index contributed by atoms with van der Waals surface area (Å²) in [5.41, 5.74) is 7.73. The fourth-order valence-corrected chi connectivity index (χ4v) is 2.34. The first kappa shape index (κ1) is 17.2. The van der Waals surface area contributed by atoms with Gasteiger partial charge in [-0.2, -0.15) is 5.26 Å². The lowest BCUT2D eigenvalue weighted by Crippen LogP contribution is -2.35. The molecule has 4 heteroatoms. The van der Waals surface area contributed by atoms with Crippen LogP contribution >= 0.6 is 0 Å². The van der Waals surface area contributed by atoms with Crippen LogP contribution < -0.4 is 5.73 Å². The first-order valence-electron chi connectivity index (χ1n) is 7.20. The van der Waals surface area contributed by atoms with Crippen molar-refractivity contribution in [2.24, 2.45) is 11.1 Å². The third kappa shape index (κ3) is 6.42. The van der Waals surface area contributed by atoms with E-state index in [2.05, 4.69) is 26.8 Å². The van der Waals surface area contributed by atoms with Gasteiger partial charge in [-0.1, -0.05) is 32.9 Å². The second kappa shape index (κ2) is 7.24. The van der Waals surface area contributed by atoms with Crippen LogP contribution in [0.1, 0.15) is 44.7 Å². The number of nitrogens with zero attached hydrogens (tertiary/aromatic N) is 2. The molecule has 0 heterocycles. The average molecular weight is 287 g/mol. The van der Waals surface area contributed by atoms with Crippen molar-refractivity contribution in [3.8, 4) is 6.07 Å². The van der Waals surface area contributed by atoms with Gasteiger partial charge in [-0.05, 0) is 29.5 Å². The zero-order chi connectivity index (χ0) is 16.0. The number of hydrogen-bond donors (Lipinski definition) is 1. The van der Waals surface area contributed by atoms with Crippen LogP contribution in [-0.2, 0) is 11.3 Å². The van der Waals surface area contributed by atoms with Crippen LogP contribution in [-0.4, -0.2) is 23.9 Å². The van der Waals surface area contributed by atoms with Crippen LogP contribution in [0.25, 0.3) is 0 Å². The summed E-state index contributed by atoms with van der Waals surface area (Å²) >= 11 is 0. The molecule has 1 aromatic carbocycles. The summed E-state index contributed by atoms with van der Waals surface area (Å²) in [6.45, 7) is 6.86. The molecule has 0 saturated heterocycles. The molecule has 0 radical (unpaired) electrons. The van der Waals surface area contributed by atoms with Crippen LogP contribution in [0.4, 0.5) is 0 Å². The number of carbonyl (C=O) groups is 1. The van der Waals surface area contributed by atoms with E-state index >= 15 is 0 Å². The third-order valence-corrected chi connectivity index (χ3v) is 3.21. The van der Waals surface area contributed by atoms with Crippen molar-refractivity contribution in [3.05, 3.63) is 35.4 Å². The van der Waals surface area contributed by atoms with E-state index in [9.17, 15) is 4.79 Å². The van der Waals surface area contributed by atoms with Gasteiger partial charge in [0.15, 0.2) is 0 Å². The minimum atomic E-state index is -0.120. The Morgan fingerprint density at radius 2 is 2.10 bits per heavy atom. The van der Waals surface area contributed by atoms with Gasteiger partial charge in [0.1, 0.15) is 0 Å². The van der Waals surface area contributed by atoms with Crippen LogP contribution in [0.3, 0.4) is 0 Å². The summed E-state index contributed by atoms with van der Waals surface area (Å²) in [6, 6.07) is 9.29. The van der Waals surface area contributed by atoms with Crippen molar-refractivity contribution in [2.75, 3.05) is 7.05 Å². The van der Waals surface area contributed by atoms with E-state index in [1.165, 1.54) is 0 Å². The maximum atomic E-state index is 12.2. The Morgan fingerprint density at radius 3 is 2.67 bits per heavy atom. The Balaban J connectivity index is 2.56. The predicted octanol–water partition coefficient (Wildman–Crippen LogP) is 2.67. The molecule has 21 heavy (non-hydrogen) atoms. The van der Waals surface area contributed by atoms with Crippen molar-refractivity contribution in [1.82, 2.24) is 4.90 Å². The Kier molecular flexibility index (Phi) is 5.92. The highest BCUT2D eigenvalue weighted by Gasteiger charge is 2.19. The number of amides is 1. The van der Waals surface area contributed by atoms with Gasteiger partial charge in [-0.25, -0.2) is 0 Å². The Morgan fingerprint density at radius 1 is 1.43 bits per heavy atom. The van der Waals surface area contributed by atoms with Crippen molar-refractivity contribution in [1.29, 1.82) is 5.26 Å². The number of rotatable bonds is 5. The number of hydrogen-bond acceptors (Lipinski definition) is 3. The molecule has 0 aromatic heterocycles. The lowest BCUT2D eigenvalue weighted by Gasteiger charge is -2.25. The average Bonchev–Trinajstić information content (AvgIpc) is 2.36. The number of nitrogens with two attached hydrogens (primary N) is 1. The summed E-state index contributed by atoms with van der Waals surface area (Å²) < 4.78 is 0. The fourth-order valence-electron chi connectivity index (χ4n) is 2.34. The molecular formula is C17H25N3O. The monoisotopic (exact) mass is 287 g/mol. The van der Waals surface area contributed by atoms with E-state index in [1.807, 2.05) is 12.1 Å². The lowest BCUT2D eigenvalue weighted by atomic mass is 9.87. The van der Waals surface area contributed by atoms with E-state index in [0.29, 0.717) is 18.5 Å². The predicted molar refractivity (Wildman–Crippen MR) is 84.3 cm³/mol. The minimum Gasteiger partial charge on any atom is -0.341 e. The van der Waals surface area contributed by atoms with Gasteiger partial charge in [0, 0.05) is 26.1 Å². The molecule has 0 aliphatic carbocycles. The molecule has 2 N–H and O–H groups in total. The topological polar surface area (TPSA) is 70.1 Å². The quantitative estimate of drug-likeness (QED) is 0.905. The molecule has 0 bridgehead atoms. The molecule has 4 nitrogen and oxygen atoms in total. The summed E-state index contributed by atoms with van der Waals surface area (Å²) in [5.74, 6) is 0.0362. The Hall–Kier alpha value is -1.86. The van der Waals surface area contributed by atoms with Gasteiger partial charge in [-0.15, -0.1) is 0 Å². The molecule has 0 saturated carbocycles. The van der Waals surface area contributed by atoms with E-state index < -0.39 is 0 Å². The molecule has 0 fully saturated rings. The first-order valence-corrected chi connectivity index (χ1v) is 7.20. The number of carbonyl (C=O) groups excluding carboxylic acids is 1. The molecule has 114 valence electrons. The van der Waals surface area contributed by atoms with Gasteiger partial charge in [-0.3, -0.25) is 4.79 Å². The highest BCUT2D eigenvalue weighted by Crippen LogP contribution is 2.21. The lowest BCUT2D eigenvalue weighted by molar-refractivity contribution is -0.130. The van der Waals surface area contributed by atoms with Crippen LogP contribution in [0.15, 0.2) is 24.3 Å². The second-order valence-electron chi connectivity index (χ2n) is 6.79. The fraction of sp³-hybridized carbons (Fsp3) is 0.529. The molecule has 1 atom stereocenters. The third-order valence-electron chi connectivity index (χ3n) is 3.21. The first-order chi connectivity index (χ1) is 9.71. The maximum absolute atomic E-state index is 12.2. The number of benzene rings is 1. The molecule has 1 rings (SSSR count). The van der Waals surface area contributed by atoms with E-state index in [0.717, 1.165) is 12.0 Å². The number of nitriles is 1. The molecule has 0 aliphatic rings. The summed E-state index contributed by atoms with van der Waals surface area (Å²) in [6.07, 6.45) is 1.17.